The molecular formula is C21H18F3N3O2S. The average Bonchev–Trinajstić information content (AvgIpc) is 3.15. The number of hydrogen-bond acceptors (Lipinski definition) is 4. The highest BCUT2D eigenvalue weighted by Crippen LogP contribution is 2.37. The number of thiazole rings is 1. The van der Waals surface area contributed by atoms with Gasteiger partial charge in [0.1, 0.15) is 17.1 Å². The molecule has 1 aliphatic carbocycles. The number of carbonyl (C=O) groups excluding carboxylic acids is 1. The smallest absolute Gasteiger partial charge is 0.347 e. The second-order valence-electron chi connectivity index (χ2n) is 7.06. The standard InChI is InChI=1S/C21H18F3N3O2S/c22-21(23,24)14-8-5-11-27(20(14)29)12-17(28)25-15-9-4-10-16-18(15)30-19(26-16)13-6-2-1-3-7-13/h1-3,5-8,11,15H,4,9-10,12H2,(H,25,28). The van der Waals surface area contributed by atoms with Gasteiger partial charge in [-0.2, -0.15) is 13.2 Å². The number of rotatable bonds is 4. The molecule has 1 N–H and O–H groups in total. The van der Waals surface area contributed by atoms with Crippen molar-refractivity contribution in [2.45, 2.75) is 38.0 Å². The van der Waals surface area contributed by atoms with E-state index in [1.54, 1.807) is 0 Å². The number of aryl methyl sites for hydroxylation is 1. The number of amides is 1. The third-order valence-corrected chi connectivity index (χ3v) is 6.21. The summed E-state index contributed by atoms with van der Waals surface area (Å²) in [5.74, 6) is -0.510. The molecule has 1 aliphatic rings. The summed E-state index contributed by atoms with van der Waals surface area (Å²) < 4.78 is 39.6. The number of hydrogen-bond donors (Lipinski definition) is 1. The third-order valence-electron chi connectivity index (χ3n) is 4.95. The Balaban J connectivity index is 1.52. The van der Waals surface area contributed by atoms with Gasteiger partial charge in [0.15, 0.2) is 0 Å². The minimum Gasteiger partial charge on any atom is -0.347 e. The number of alkyl halides is 3. The number of benzene rings is 1. The number of carbonyl (C=O) groups is 1. The van der Waals surface area contributed by atoms with E-state index in [-0.39, 0.29) is 6.04 Å². The van der Waals surface area contributed by atoms with Crippen LogP contribution in [0.4, 0.5) is 13.2 Å². The van der Waals surface area contributed by atoms with Crippen molar-refractivity contribution in [3.63, 3.8) is 0 Å². The second-order valence-corrected chi connectivity index (χ2v) is 8.09. The normalized spacial score (nSPS) is 16.2. The molecule has 2 heterocycles. The van der Waals surface area contributed by atoms with Gasteiger partial charge in [0.05, 0.1) is 16.6 Å². The number of pyridine rings is 1. The third kappa shape index (κ3) is 4.16. The van der Waals surface area contributed by atoms with Crippen molar-refractivity contribution in [3.8, 4) is 10.6 Å². The first kappa shape index (κ1) is 20.3. The van der Waals surface area contributed by atoms with Gasteiger partial charge in [-0.3, -0.25) is 9.59 Å². The van der Waals surface area contributed by atoms with Crippen LogP contribution in [0.2, 0.25) is 0 Å². The Bertz CT molecular complexity index is 1120. The molecule has 0 saturated carbocycles. The molecule has 1 aromatic carbocycles. The van der Waals surface area contributed by atoms with E-state index in [1.807, 2.05) is 30.3 Å². The molecule has 0 bridgehead atoms. The Morgan fingerprint density at radius 3 is 2.70 bits per heavy atom. The fraction of sp³-hybridized carbons (Fsp3) is 0.286. The van der Waals surface area contributed by atoms with Crippen LogP contribution in [0.1, 0.15) is 35.0 Å². The van der Waals surface area contributed by atoms with E-state index >= 15 is 0 Å². The quantitative estimate of drug-likeness (QED) is 0.671. The molecule has 5 nitrogen and oxygen atoms in total. The van der Waals surface area contributed by atoms with Crippen LogP contribution in [-0.4, -0.2) is 15.5 Å². The molecule has 0 spiro atoms. The fourth-order valence-electron chi connectivity index (χ4n) is 3.53. The summed E-state index contributed by atoms with van der Waals surface area (Å²) in [5, 5.41) is 3.74. The maximum absolute atomic E-state index is 12.9. The molecule has 9 heteroatoms. The van der Waals surface area contributed by atoms with Gasteiger partial charge in [-0.05, 0) is 31.4 Å². The van der Waals surface area contributed by atoms with E-state index in [1.165, 1.54) is 17.5 Å². The van der Waals surface area contributed by atoms with E-state index in [0.29, 0.717) is 12.5 Å². The van der Waals surface area contributed by atoms with Gasteiger partial charge in [-0.15, -0.1) is 11.3 Å². The van der Waals surface area contributed by atoms with Crippen LogP contribution in [0.3, 0.4) is 0 Å². The van der Waals surface area contributed by atoms with Crippen molar-refractivity contribution in [1.82, 2.24) is 14.9 Å². The Kier molecular flexibility index (Phi) is 5.46. The molecule has 2 aromatic heterocycles. The number of nitrogens with one attached hydrogen (secondary N) is 1. The van der Waals surface area contributed by atoms with Crippen LogP contribution in [0, 0.1) is 0 Å². The van der Waals surface area contributed by atoms with Gasteiger partial charge in [0.25, 0.3) is 5.56 Å². The number of halogens is 3. The lowest BCUT2D eigenvalue weighted by Crippen LogP contribution is -2.37. The van der Waals surface area contributed by atoms with Crippen LogP contribution in [0.5, 0.6) is 0 Å². The predicted molar refractivity (Wildman–Crippen MR) is 107 cm³/mol. The highest BCUT2D eigenvalue weighted by Gasteiger charge is 2.34. The largest absolute Gasteiger partial charge is 0.421 e. The first-order valence-electron chi connectivity index (χ1n) is 9.44. The number of aromatic nitrogens is 2. The van der Waals surface area contributed by atoms with Crippen molar-refractivity contribution in [2.75, 3.05) is 0 Å². The summed E-state index contributed by atoms with van der Waals surface area (Å²) >= 11 is 1.51. The maximum atomic E-state index is 12.9. The molecule has 1 amide bonds. The fourth-order valence-corrected chi connectivity index (χ4v) is 4.74. The summed E-state index contributed by atoms with van der Waals surface area (Å²) in [5.41, 5.74) is -0.578. The lowest BCUT2D eigenvalue weighted by Gasteiger charge is -2.22. The number of fused-ring (bicyclic) bond motifs is 1. The topological polar surface area (TPSA) is 64.0 Å². The van der Waals surface area contributed by atoms with Gasteiger partial charge in [0.2, 0.25) is 5.91 Å². The lowest BCUT2D eigenvalue weighted by molar-refractivity contribution is -0.139. The molecule has 30 heavy (non-hydrogen) atoms. The highest BCUT2D eigenvalue weighted by molar-refractivity contribution is 7.15. The van der Waals surface area contributed by atoms with E-state index in [4.69, 9.17) is 4.98 Å². The summed E-state index contributed by atoms with van der Waals surface area (Å²) in [7, 11) is 0. The van der Waals surface area contributed by atoms with Crippen molar-refractivity contribution < 1.29 is 18.0 Å². The molecule has 0 radical (unpaired) electrons. The Morgan fingerprint density at radius 1 is 1.20 bits per heavy atom. The summed E-state index contributed by atoms with van der Waals surface area (Å²) in [6.07, 6.45) is -1.20. The summed E-state index contributed by atoms with van der Waals surface area (Å²) in [6.45, 7) is -0.473. The van der Waals surface area contributed by atoms with Gasteiger partial charge in [-0.25, -0.2) is 4.98 Å². The molecular weight excluding hydrogens is 415 g/mol. The van der Waals surface area contributed by atoms with Crippen molar-refractivity contribution in [1.29, 1.82) is 0 Å². The van der Waals surface area contributed by atoms with Crippen molar-refractivity contribution in [3.05, 3.63) is 75.1 Å². The van der Waals surface area contributed by atoms with Gasteiger partial charge >= 0.3 is 6.18 Å². The zero-order valence-corrected chi connectivity index (χ0v) is 16.6. The predicted octanol–water partition coefficient (Wildman–Crippen LogP) is 4.18. The van der Waals surface area contributed by atoms with Crippen LogP contribution in [0.25, 0.3) is 10.6 Å². The van der Waals surface area contributed by atoms with Gasteiger partial charge in [0, 0.05) is 11.8 Å². The van der Waals surface area contributed by atoms with Crippen LogP contribution < -0.4 is 10.9 Å². The molecule has 4 rings (SSSR count). The van der Waals surface area contributed by atoms with Gasteiger partial charge < -0.3 is 9.88 Å². The molecule has 0 fully saturated rings. The monoisotopic (exact) mass is 433 g/mol. The van der Waals surface area contributed by atoms with E-state index in [2.05, 4.69) is 5.32 Å². The molecule has 156 valence electrons. The van der Waals surface area contributed by atoms with E-state index in [9.17, 15) is 22.8 Å². The second kappa shape index (κ2) is 8.06. The average molecular weight is 433 g/mol. The first-order valence-corrected chi connectivity index (χ1v) is 10.3. The van der Waals surface area contributed by atoms with Crippen molar-refractivity contribution in [2.24, 2.45) is 0 Å². The van der Waals surface area contributed by atoms with Gasteiger partial charge in [-0.1, -0.05) is 30.3 Å². The lowest BCUT2D eigenvalue weighted by atomic mass is 9.98. The Morgan fingerprint density at radius 2 is 1.97 bits per heavy atom. The zero-order chi connectivity index (χ0) is 21.3. The first-order chi connectivity index (χ1) is 14.3. The minimum absolute atomic E-state index is 0.266. The van der Waals surface area contributed by atoms with E-state index < -0.39 is 29.8 Å². The Hall–Kier alpha value is -2.94. The van der Waals surface area contributed by atoms with Crippen molar-refractivity contribution >= 4 is 17.2 Å². The van der Waals surface area contributed by atoms with Crippen LogP contribution in [0.15, 0.2) is 53.5 Å². The highest BCUT2D eigenvalue weighted by atomic mass is 32.1. The van der Waals surface area contributed by atoms with E-state index in [0.717, 1.165) is 44.6 Å². The molecule has 3 aromatic rings. The molecule has 0 aliphatic heterocycles. The molecule has 1 unspecified atom stereocenters. The Labute approximate surface area is 174 Å². The maximum Gasteiger partial charge on any atom is 0.421 e. The number of nitrogens with zero attached hydrogens (tertiary/aromatic N) is 2. The van der Waals surface area contributed by atoms with Crippen LogP contribution >= 0.6 is 11.3 Å². The zero-order valence-electron chi connectivity index (χ0n) is 15.8. The van der Waals surface area contributed by atoms with Crippen LogP contribution in [-0.2, 0) is 23.9 Å². The SMILES string of the molecule is O=C(Cn1cccc(C(F)(F)F)c1=O)NC1CCCc2nc(-c3ccccc3)sc21. The molecule has 1 atom stereocenters. The summed E-state index contributed by atoms with van der Waals surface area (Å²) in [4.78, 5) is 30.2. The molecule has 0 saturated heterocycles. The summed E-state index contributed by atoms with van der Waals surface area (Å²) in [6, 6.07) is 11.3. The minimum atomic E-state index is -4.76.